The summed E-state index contributed by atoms with van der Waals surface area (Å²) in [5.74, 6) is -1.73. The van der Waals surface area contributed by atoms with Crippen LogP contribution < -0.4 is 5.32 Å². The summed E-state index contributed by atoms with van der Waals surface area (Å²) in [5.41, 5.74) is 2.36. The van der Waals surface area contributed by atoms with E-state index >= 15 is 0 Å². The van der Waals surface area contributed by atoms with Crippen LogP contribution in [0, 0.1) is 5.92 Å². The Hall–Kier alpha value is -3.98. The maximum atomic E-state index is 12.6. The number of aromatic nitrogens is 1. The minimum absolute atomic E-state index is 0.0585. The Morgan fingerprint density at radius 2 is 1.62 bits per heavy atom. The molecule has 1 unspecified atom stereocenters. The van der Waals surface area contributed by atoms with Crippen LogP contribution in [0.3, 0.4) is 0 Å². The molecule has 0 aliphatic heterocycles. The highest BCUT2D eigenvalue weighted by Gasteiger charge is 2.23. The van der Waals surface area contributed by atoms with Crippen molar-refractivity contribution in [2.75, 3.05) is 18.1 Å². The molecule has 0 radical (unpaired) electrons. The second-order valence-electron chi connectivity index (χ2n) is 8.21. The van der Waals surface area contributed by atoms with Crippen LogP contribution >= 0.6 is 11.8 Å². The summed E-state index contributed by atoms with van der Waals surface area (Å²) in [6, 6.07) is 19.2. The maximum Gasteiger partial charge on any atom is 0.338 e. The molecule has 0 saturated heterocycles. The van der Waals surface area contributed by atoms with Gasteiger partial charge in [-0.25, -0.2) is 4.79 Å². The number of nitrogens with zero attached hydrogens (tertiary/aromatic N) is 1. The third-order valence-electron chi connectivity index (χ3n) is 5.46. The molecule has 1 heterocycles. The second kappa shape index (κ2) is 14.5. The smallest absolute Gasteiger partial charge is 0.338 e. The number of hydrogen-bond acceptors (Lipinski definition) is 7. The molecule has 3 aromatic rings. The Balaban J connectivity index is 1.43. The molecule has 1 atom stereocenters. The van der Waals surface area contributed by atoms with Crippen LogP contribution in [0.4, 0.5) is 0 Å². The van der Waals surface area contributed by atoms with E-state index in [0.29, 0.717) is 29.2 Å². The monoisotopic (exact) mass is 520 g/mol. The first-order chi connectivity index (χ1) is 17.9. The zero-order chi connectivity index (χ0) is 26.5. The van der Waals surface area contributed by atoms with Crippen molar-refractivity contribution in [2.24, 2.45) is 5.92 Å². The highest BCUT2D eigenvalue weighted by Crippen LogP contribution is 2.18. The Morgan fingerprint density at radius 3 is 2.32 bits per heavy atom. The number of Topliss-reactive ketones (excluding diaryl/α,β-unsaturated/α-hetero) is 1. The van der Waals surface area contributed by atoms with E-state index in [1.165, 1.54) is 18.0 Å². The fourth-order valence-corrected chi connectivity index (χ4v) is 4.54. The predicted octanol–water partition coefficient (Wildman–Crippen LogP) is 3.80. The number of carbonyl (C=O) groups excluding carboxylic acids is 3. The van der Waals surface area contributed by atoms with E-state index in [2.05, 4.69) is 10.3 Å². The van der Waals surface area contributed by atoms with Gasteiger partial charge in [0.2, 0.25) is 5.91 Å². The van der Waals surface area contributed by atoms with Crippen molar-refractivity contribution in [1.29, 1.82) is 0 Å². The first-order valence-electron chi connectivity index (χ1n) is 11.7. The molecule has 8 nitrogen and oxygen atoms in total. The number of ether oxygens (including phenoxy) is 1. The molecule has 0 saturated carbocycles. The zero-order valence-corrected chi connectivity index (χ0v) is 21.0. The van der Waals surface area contributed by atoms with Crippen molar-refractivity contribution >= 4 is 35.4 Å². The number of amides is 1. The number of carboxylic acids is 1. The van der Waals surface area contributed by atoms with Gasteiger partial charge in [-0.2, -0.15) is 11.8 Å². The first kappa shape index (κ1) is 27.6. The molecule has 0 fully saturated rings. The van der Waals surface area contributed by atoms with Gasteiger partial charge in [-0.1, -0.05) is 42.5 Å². The average molecular weight is 521 g/mol. The number of rotatable bonds is 14. The fourth-order valence-electron chi connectivity index (χ4n) is 3.58. The Bertz CT molecular complexity index is 1200. The van der Waals surface area contributed by atoms with Crippen LogP contribution in [0.1, 0.15) is 38.3 Å². The van der Waals surface area contributed by atoms with E-state index in [1.807, 2.05) is 30.3 Å². The zero-order valence-electron chi connectivity index (χ0n) is 20.2. The van der Waals surface area contributed by atoms with Gasteiger partial charge in [-0.15, -0.1) is 0 Å². The molecule has 0 spiro atoms. The Morgan fingerprint density at radius 1 is 0.919 bits per heavy atom. The lowest BCUT2D eigenvalue weighted by Crippen LogP contribution is -2.28. The third-order valence-corrected chi connectivity index (χ3v) is 6.59. The minimum Gasteiger partial charge on any atom is -0.481 e. The molecule has 0 bridgehead atoms. The number of esters is 1. The lowest BCUT2D eigenvalue weighted by Gasteiger charge is -2.14. The largest absolute Gasteiger partial charge is 0.481 e. The van der Waals surface area contributed by atoms with Crippen molar-refractivity contribution in [3.63, 3.8) is 0 Å². The number of carboxylic acid groups (broad SMARTS) is 1. The molecule has 3 rings (SSSR count). The van der Waals surface area contributed by atoms with E-state index in [0.717, 1.165) is 11.1 Å². The van der Waals surface area contributed by atoms with Crippen molar-refractivity contribution in [2.45, 2.75) is 19.4 Å². The van der Waals surface area contributed by atoms with Crippen LogP contribution in [0.5, 0.6) is 0 Å². The number of pyridine rings is 1. The fraction of sp³-hybridized carbons (Fsp3) is 0.250. The summed E-state index contributed by atoms with van der Waals surface area (Å²) >= 11 is 1.41. The Labute approximate surface area is 219 Å². The van der Waals surface area contributed by atoms with Gasteiger partial charge >= 0.3 is 11.9 Å². The second-order valence-corrected chi connectivity index (χ2v) is 9.36. The van der Waals surface area contributed by atoms with E-state index < -0.39 is 17.9 Å². The number of ketones is 1. The minimum atomic E-state index is -1.04. The van der Waals surface area contributed by atoms with Gasteiger partial charge in [0.25, 0.3) is 0 Å². The van der Waals surface area contributed by atoms with Crippen LogP contribution in [0.2, 0.25) is 0 Å². The van der Waals surface area contributed by atoms with Crippen molar-refractivity contribution in [1.82, 2.24) is 10.3 Å². The van der Waals surface area contributed by atoms with E-state index in [9.17, 15) is 24.3 Å². The number of carbonyl (C=O) groups is 4. The molecular formula is C28H28N2O6S. The standard InChI is InChI=1S/C28H28N2O6S/c31-25(15-21-9-4-5-10-23(21)18-36-28(35)20-7-2-1-3-8-20)30-13-14-37-19-24(16-26(32)33)27(34)22-11-6-12-29-17-22/h1-12,17,24H,13-16,18-19H2,(H,30,31)(H,32,33). The van der Waals surface area contributed by atoms with Gasteiger partial charge in [0.15, 0.2) is 5.78 Å². The highest BCUT2D eigenvalue weighted by molar-refractivity contribution is 7.99. The number of nitrogens with one attached hydrogen (secondary N) is 1. The van der Waals surface area contributed by atoms with Crippen molar-refractivity contribution < 1.29 is 29.0 Å². The average Bonchev–Trinajstić information content (AvgIpc) is 2.92. The highest BCUT2D eigenvalue weighted by atomic mass is 32.2. The topological polar surface area (TPSA) is 123 Å². The van der Waals surface area contributed by atoms with Crippen LogP contribution in [0.15, 0.2) is 79.1 Å². The van der Waals surface area contributed by atoms with Gasteiger partial charge in [0.05, 0.1) is 18.4 Å². The summed E-state index contributed by atoms with van der Waals surface area (Å²) in [6.45, 7) is 0.429. The van der Waals surface area contributed by atoms with Crippen molar-refractivity contribution in [3.05, 3.63) is 101 Å². The maximum absolute atomic E-state index is 12.6. The predicted molar refractivity (Wildman–Crippen MR) is 140 cm³/mol. The van der Waals surface area contributed by atoms with Gasteiger partial charge in [0, 0.05) is 41.9 Å². The van der Waals surface area contributed by atoms with E-state index in [4.69, 9.17) is 4.74 Å². The van der Waals surface area contributed by atoms with E-state index in [1.54, 1.807) is 42.6 Å². The van der Waals surface area contributed by atoms with Crippen LogP contribution in [0.25, 0.3) is 0 Å². The molecule has 0 aliphatic rings. The number of thioether (sulfide) groups is 1. The van der Waals surface area contributed by atoms with Gasteiger partial charge in [-0.3, -0.25) is 19.4 Å². The molecular weight excluding hydrogens is 492 g/mol. The molecule has 192 valence electrons. The summed E-state index contributed by atoms with van der Waals surface area (Å²) in [6.07, 6.45) is 2.85. The Kier molecular flexibility index (Phi) is 10.9. The molecule has 1 amide bonds. The van der Waals surface area contributed by atoms with Gasteiger partial charge < -0.3 is 15.2 Å². The summed E-state index contributed by atoms with van der Waals surface area (Å²) in [4.78, 5) is 52.5. The van der Waals surface area contributed by atoms with Gasteiger partial charge in [0.1, 0.15) is 6.61 Å². The van der Waals surface area contributed by atoms with Crippen molar-refractivity contribution in [3.8, 4) is 0 Å². The summed E-state index contributed by atoms with van der Waals surface area (Å²) < 4.78 is 5.40. The summed E-state index contributed by atoms with van der Waals surface area (Å²) in [7, 11) is 0. The lowest BCUT2D eigenvalue weighted by molar-refractivity contribution is -0.137. The number of hydrogen-bond donors (Lipinski definition) is 2. The number of aliphatic carboxylic acids is 1. The molecule has 0 aliphatic carbocycles. The normalized spacial score (nSPS) is 11.4. The molecule has 1 aromatic heterocycles. The molecule has 9 heteroatoms. The van der Waals surface area contributed by atoms with Crippen LogP contribution in [-0.2, 0) is 27.4 Å². The number of benzene rings is 2. The van der Waals surface area contributed by atoms with E-state index in [-0.39, 0.29) is 31.1 Å². The molecule has 2 aromatic carbocycles. The first-order valence-corrected chi connectivity index (χ1v) is 12.9. The van der Waals surface area contributed by atoms with Crippen LogP contribution in [-0.4, -0.2) is 51.8 Å². The third kappa shape index (κ3) is 9.20. The van der Waals surface area contributed by atoms with Gasteiger partial charge in [-0.05, 0) is 35.4 Å². The lowest BCUT2D eigenvalue weighted by atomic mass is 9.97. The molecule has 37 heavy (non-hydrogen) atoms. The SMILES string of the molecule is O=C(O)CC(CSCCNC(=O)Cc1ccccc1COC(=O)c1ccccc1)C(=O)c1cccnc1. The summed E-state index contributed by atoms with van der Waals surface area (Å²) in [5, 5.41) is 12.0. The molecule has 2 N–H and O–H groups in total. The quantitative estimate of drug-likeness (QED) is 0.187.